The van der Waals surface area contributed by atoms with Crippen molar-refractivity contribution in [1.82, 2.24) is 25.4 Å². The Morgan fingerprint density at radius 3 is 2.85 bits per heavy atom. The minimum atomic E-state index is -1.54. The van der Waals surface area contributed by atoms with Crippen LogP contribution in [0.25, 0.3) is 0 Å². The fourth-order valence-electron chi connectivity index (χ4n) is 3.10. The molecule has 1 saturated heterocycles. The van der Waals surface area contributed by atoms with Gasteiger partial charge < -0.3 is 25.7 Å². The van der Waals surface area contributed by atoms with E-state index in [-0.39, 0.29) is 22.4 Å². The lowest BCUT2D eigenvalue weighted by Gasteiger charge is -2.49. The molecule has 2 aliphatic heterocycles. The number of nitrogen functional groups attached to an aromatic ring is 1. The second-order valence-corrected chi connectivity index (χ2v) is 11.1. The number of carbonyl (C=O) groups is 3. The van der Waals surface area contributed by atoms with Crippen molar-refractivity contribution in [2.24, 2.45) is 5.16 Å². The first kappa shape index (κ1) is 24.2. The number of aryl methyl sites for hydroxylation is 1. The molecule has 0 aliphatic carbocycles. The number of rotatable bonds is 8. The zero-order valence-corrected chi connectivity index (χ0v) is 20.8. The Bertz CT molecular complexity index is 1190. The summed E-state index contributed by atoms with van der Waals surface area (Å²) in [5.74, 6) is -0.462. The highest BCUT2D eigenvalue weighted by Gasteiger charge is 2.54. The maximum absolute atomic E-state index is 12.9. The van der Waals surface area contributed by atoms with E-state index in [1.54, 1.807) is 5.38 Å². The van der Waals surface area contributed by atoms with E-state index in [0.717, 1.165) is 20.7 Å². The average Bonchev–Trinajstić information content (AvgIpc) is 3.41. The normalized spacial score (nSPS) is 20.0. The highest BCUT2D eigenvalue weighted by Crippen LogP contribution is 2.42. The highest BCUT2D eigenvalue weighted by atomic mass is 32.2. The second-order valence-electron chi connectivity index (χ2n) is 6.71. The highest BCUT2D eigenvalue weighted by molar-refractivity contribution is 8.01. The molecule has 4 rings (SSSR count). The maximum atomic E-state index is 12.9. The molecule has 13 nitrogen and oxygen atoms in total. The number of hydrogen-bond acceptors (Lipinski definition) is 14. The third-order valence-corrected chi connectivity index (χ3v) is 8.57. The number of aromatic nitrogens is 3. The summed E-state index contributed by atoms with van der Waals surface area (Å²) in [4.78, 5) is 47.1. The maximum Gasteiger partial charge on any atom is 0.512 e. The van der Waals surface area contributed by atoms with E-state index < -0.39 is 29.4 Å². The summed E-state index contributed by atoms with van der Waals surface area (Å²) in [5.41, 5.74) is 6.33. The van der Waals surface area contributed by atoms with E-state index in [1.165, 1.54) is 46.9 Å². The first-order valence-electron chi connectivity index (χ1n) is 9.42. The third-order valence-electron chi connectivity index (χ3n) is 4.50. The zero-order valence-electron chi connectivity index (χ0n) is 17.6. The number of β-lactam (4-membered cyclic amide) rings is 1. The summed E-state index contributed by atoms with van der Waals surface area (Å²) in [6.45, 7) is 1.83. The van der Waals surface area contributed by atoms with Crippen LogP contribution < -0.4 is 11.1 Å². The number of nitrogens with one attached hydrogen (secondary N) is 1. The predicted octanol–water partition coefficient (Wildman–Crippen LogP) is 1.33. The molecule has 0 saturated carbocycles. The molecule has 2 atom stereocenters. The average molecular weight is 544 g/mol. The summed E-state index contributed by atoms with van der Waals surface area (Å²) >= 11 is 5.30. The van der Waals surface area contributed by atoms with Gasteiger partial charge >= 0.3 is 6.16 Å². The number of fused-ring (bicyclic) bond motifs is 1. The zero-order chi connectivity index (χ0) is 24.4. The molecular weight excluding hydrogens is 526 g/mol. The number of anilines is 1. The van der Waals surface area contributed by atoms with Crippen LogP contribution in [0.5, 0.6) is 0 Å². The van der Waals surface area contributed by atoms with Gasteiger partial charge in [0, 0.05) is 22.5 Å². The van der Waals surface area contributed by atoms with Crippen molar-refractivity contribution >= 4 is 75.0 Å². The molecule has 2 aliphatic rings. The number of hydrogen-bond donors (Lipinski definition) is 3. The Balaban J connectivity index is 1.49. The van der Waals surface area contributed by atoms with Gasteiger partial charge in [0.05, 0.1) is 0 Å². The number of thiazole rings is 1. The monoisotopic (exact) mass is 543 g/mol. The van der Waals surface area contributed by atoms with Crippen molar-refractivity contribution in [3.05, 3.63) is 27.5 Å². The summed E-state index contributed by atoms with van der Waals surface area (Å²) in [6, 6.07) is -0.914. The van der Waals surface area contributed by atoms with Crippen LogP contribution in [0.15, 0.2) is 26.3 Å². The lowest BCUT2D eigenvalue weighted by atomic mass is 10.1. The van der Waals surface area contributed by atoms with Crippen molar-refractivity contribution in [2.45, 2.75) is 22.7 Å². The smallest absolute Gasteiger partial charge is 0.449 e. The number of thioether (sulfide) groups is 2. The molecule has 17 heteroatoms. The van der Waals surface area contributed by atoms with E-state index in [2.05, 4.69) is 25.7 Å². The van der Waals surface area contributed by atoms with Gasteiger partial charge in [-0.15, -0.1) is 33.3 Å². The molecular formula is C17H17N7O6S4. The van der Waals surface area contributed by atoms with Crippen molar-refractivity contribution in [3.63, 3.8) is 0 Å². The molecule has 0 bridgehead atoms. The van der Waals surface area contributed by atoms with Crippen LogP contribution in [0.1, 0.15) is 10.7 Å². The second kappa shape index (κ2) is 10.2. The minimum absolute atomic E-state index is 0.0430. The predicted molar refractivity (Wildman–Crippen MR) is 127 cm³/mol. The van der Waals surface area contributed by atoms with Gasteiger partial charge in [-0.1, -0.05) is 28.3 Å². The molecule has 0 radical (unpaired) electrons. The van der Waals surface area contributed by atoms with Crippen LogP contribution in [0.3, 0.4) is 0 Å². The molecule has 1 unspecified atom stereocenters. The number of nitrogens with two attached hydrogens (primary N) is 1. The number of nitrogens with zero attached hydrogens (tertiary/aromatic N) is 5. The van der Waals surface area contributed by atoms with Gasteiger partial charge in [0.25, 0.3) is 11.8 Å². The number of amides is 2. The molecule has 4 N–H and O–H groups in total. The fourth-order valence-corrected chi connectivity index (χ4v) is 6.91. The van der Waals surface area contributed by atoms with Crippen molar-refractivity contribution in [2.75, 3.05) is 24.3 Å². The summed E-state index contributed by atoms with van der Waals surface area (Å²) in [6.07, 6.45) is -1.54. The third kappa shape index (κ3) is 4.96. The molecule has 180 valence electrons. The molecule has 1 fully saturated rings. The van der Waals surface area contributed by atoms with Gasteiger partial charge in [0.1, 0.15) is 29.2 Å². The number of carboxylic acid groups (broad SMARTS) is 1. The van der Waals surface area contributed by atoms with Gasteiger partial charge in [-0.2, -0.15) is 0 Å². The number of oxime groups is 1. The van der Waals surface area contributed by atoms with Crippen LogP contribution in [0.4, 0.5) is 9.93 Å². The van der Waals surface area contributed by atoms with Crippen molar-refractivity contribution in [3.8, 4) is 0 Å². The lowest BCUT2D eigenvalue weighted by molar-refractivity contribution is -0.148. The number of ether oxygens (including phenoxy) is 1. The topological polar surface area (TPSA) is 182 Å². The first-order valence-corrected chi connectivity index (χ1v) is 13.1. The number of carbonyl (C=O) groups excluding carboxylic acids is 2. The Kier molecular flexibility index (Phi) is 7.24. The van der Waals surface area contributed by atoms with E-state index in [4.69, 9.17) is 15.3 Å². The van der Waals surface area contributed by atoms with Gasteiger partial charge in [-0.3, -0.25) is 14.5 Å². The fraction of sp³-hybridized carbons (Fsp3) is 0.353. The summed E-state index contributed by atoms with van der Waals surface area (Å²) in [7, 11) is 1.28. The molecule has 2 aromatic heterocycles. The SMILES string of the molecule is CON=C(C(=O)NC1C(=O)N2C(OC(=O)O)=C(CSc3nnc(C)s3)CS[C@@H]12)c1csc(N)n1. The van der Waals surface area contributed by atoms with Crippen molar-refractivity contribution in [1.29, 1.82) is 0 Å². The molecule has 4 heterocycles. The van der Waals surface area contributed by atoms with E-state index in [1.807, 2.05) is 6.92 Å². The Morgan fingerprint density at radius 1 is 1.44 bits per heavy atom. The van der Waals surface area contributed by atoms with Crippen LogP contribution in [-0.2, 0) is 19.2 Å². The molecule has 2 amide bonds. The standard InChI is InChI=1S/C17H17N7O6S4/c1-6-21-22-16(34-6)33-4-7-3-31-14-10(12(26)24(14)13(7)30-17(27)28)20-11(25)9(23-29-2)8-5-32-15(18)19-8/h5,10,14H,3-4H2,1-2H3,(H2,18,19)(H,20,25)(H,27,28)/t10?,14-/m0/s1. The molecule has 2 aromatic rings. The Morgan fingerprint density at radius 2 is 2.24 bits per heavy atom. The van der Waals surface area contributed by atoms with E-state index >= 15 is 0 Å². The Hall–Kier alpha value is -2.89. The lowest BCUT2D eigenvalue weighted by Crippen LogP contribution is -2.70. The summed E-state index contributed by atoms with van der Waals surface area (Å²) < 4.78 is 5.70. The quantitative estimate of drug-likeness (QED) is 0.143. The minimum Gasteiger partial charge on any atom is -0.449 e. The van der Waals surface area contributed by atoms with Crippen LogP contribution in [0.2, 0.25) is 0 Å². The van der Waals surface area contributed by atoms with Gasteiger partial charge in [-0.25, -0.2) is 9.78 Å². The molecule has 0 spiro atoms. The largest absolute Gasteiger partial charge is 0.512 e. The van der Waals surface area contributed by atoms with E-state index in [9.17, 15) is 19.5 Å². The van der Waals surface area contributed by atoms with Crippen LogP contribution in [-0.4, -0.2) is 78.9 Å². The van der Waals surface area contributed by atoms with Crippen molar-refractivity contribution < 1.29 is 29.1 Å². The first-order chi connectivity index (χ1) is 16.3. The Labute approximate surface area is 208 Å². The van der Waals surface area contributed by atoms with Gasteiger partial charge in [0.15, 0.2) is 15.2 Å². The molecule has 0 aromatic carbocycles. The van der Waals surface area contributed by atoms with Crippen LogP contribution >= 0.6 is 46.2 Å². The van der Waals surface area contributed by atoms with E-state index in [0.29, 0.717) is 17.1 Å². The molecule has 34 heavy (non-hydrogen) atoms. The van der Waals surface area contributed by atoms with Crippen LogP contribution in [0, 0.1) is 6.92 Å². The summed E-state index contributed by atoms with van der Waals surface area (Å²) in [5, 5.41) is 25.6. The van der Waals surface area contributed by atoms with Gasteiger partial charge in [0.2, 0.25) is 5.88 Å². The van der Waals surface area contributed by atoms with Gasteiger partial charge in [-0.05, 0) is 6.92 Å².